The van der Waals surface area contributed by atoms with Gasteiger partial charge in [0.25, 0.3) is 0 Å². The molecule has 2 fully saturated rings. The lowest BCUT2D eigenvalue weighted by atomic mass is 10.2. The maximum absolute atomic E-state index is 11.8. The fourth-order valence-corrected chi connectivity index (χ4v) is 4.77. The second-order valence-corrected chi connectivity index (χ2v) is 8.70. The topological polar surface area (TPSA) is 92.4 Å². The Labute approximate surface area is 145 Å². The van der Waals surface area contributed by atoms with Crippen LogP contribution in [0.25, 0.3) is 0 Å². The van der Waals surface area contributed by atoms with Crippen LogP contribution in [0.4, 0.5) is 10.8 Å². The minimum absolute atomic E-state index is 0.186. The molecule has 9 heteroatoms. The van der Waals surface area contributed by atoms with E-state index in [0.717, 1.165) is 36.3 Å². The number of hydrogen-bond donors (Lipinski definition) is 1. The predicted molar refractivity (Wildman–Crippen MR) is 94.1 cm³/mol. The average Bonchev–Trinajstić information content (AvgIpc) is 3.31. The number of sulfonamides is 1. The Bertz CT molecular complexity index is 839. The molecule has 24 heavy (non-hydrogen) atoms. The molecule has 0 radical (unpaired) electrons. The van der Waals surface area contributed by atoms with E-state index in [-0.39, 0.29) is 4.90 Å². The second-order valence-electron chi connectivity index (χ2n) is 6.18. The number of anilines is 2. The number of nitrogens with two attached hydrogens (primary N) is 1. The van der Waals surface area contributed by atoms with Gasteiger partial charge in [0.1, 0.15) is 9.90 Å². The van der Waals surface area contributed by atoms with Crippen molar-refractivity contribution >= 4 is 32.2 Å². The highest BCUT2D eigenvalue weighted by Crippen LogP contribution is 2.42. The van der Waals surface area contributed by atoms with Gasteiger partial charge in [-0.1, -0.05) is 23.5 Å². The quantitative estimate of drug-likeness (QED) is 0.880. The van der Waals surface area contributed by atoms with Crippen LogP contribution in [-0.2, 0) is 10.0 Å². The van der Waals surface area contributed by atoms with Gasteiger partial charge in [0.15, 0.2) is 0 Å². The summed E-state index contributed by atoms with van der Waals surface area (Å²) >= 11 is 1.68. The Morgan fingerprint density at radius 1 is 1.04 bits per heavy atom. The molecule has 2 N–H and O–H groups in total. The fraction of sp³-hybridized carbons (Fsp3) is 0.467. The van der Waals surface area contributed by atoms with Gasteiger partial charge in [-0.2, -0.15) is 0 Å². The van der Waals surface area contributed by atoms with Crippen LogP contribution >= 0.6 is 11.3 Å². The number of para-hydroxylation sites is 1. The van der Waals surface area contributed by atoms with Gasteiger partial charge >= 0.3 is 0 Å². The van der Waals surface area contributed by atoms with E-state index in [9.17, 15) is 8.42 Å². The van der Waals surface area contributed by atoms with Crippen LogP contribution in [-0.4, -0.2) is 44.8 Å². The highest BCUT2D eigenvalue weighted by Gasteiger charge is 2.29. The van der Waals surface area contributed by atoms with Crippen LogP contribution in [0.3, 0.4) is 0 Å². The first kappa shape index (κ1) is 15.8. The number of primary sulfonamides is 1. The zero-order valence-electron chi connectivity index (χ0n) is 13.1. The molecular formula is C15H19N5O2S2. The van der Waals surface area contributed by atoms with E-state index in [1.807, 2.05) is 12.1 Å². The average molecular weight is 365 g/mol. The third kappa shape index (κ3) is 3.11. The summed E-state index contributed by atoms with van der Waals surface area (Å²) in [5, 5.41) is 16.1. The first-order chi connectivity index (χ1) is 11.5. The number of rotatable bonds is 4. The summed E-state index contributed by atoms with van der Waals surface area (Å²) < 4.78 is 23.6. The van der Waals surface area contributed by atoms with Gasteiger partial charge in [-0.3, -0.25) is 0 Å². The van der Waals surface area contributed by atoms with Crippen molar-refractivity contribution in [2.75, 3.05) is 36.0 Å². The molecule has 2 aliphatic rings. The summed E-state index contributed by atoms with van der Waals surface area (Å²) in [5.74, 6) is 0.624. The summed E-state index contributed by atoms with van der Waals surface area (Å²) in [5.41, 5.74) is 0.676. The van der Waals surface area contributed by atoms with E-state index in [4.69, 9.17) is 5.14 Å². The van der Waals surface area contributed by atoms with Crippen molar-refractivity contribution in [2.24, 2.45) is 5.14 Å². The lowest BCUT2D eigenvalue weighted by Gasteiger charge is -2.36. The van der Waals surface area contributed by atoms with Crippen molar-refractivity contribution in [2.45, 2.75) is 23.7 Å². The van der Waals surface area contributed by atoms with E-state index in [2.05, 4.69) is 20.0 Å². The summed E-state index contributed by atoms with van der Waals surface area (Å²) in [4.78, 5) is 4.48. The minimum Gasteiger partial charge on any atom is -0.367 e. The predicted octanol–water partition coefficient (Wildman–Crippen LogP) is 1.39. The van der Waals surface area contributed by atoms with E-state index < -0.39 is 10.0 Å². The summed E-state index contributed by atoms with van der Waals surface area (Å²) in [7, 11) is -3.72. The van der Waals surface area contributed by atoms with E-state index in [0.29, 0.717) is 11.6 Å². The minimum atomic E-state index is -3.72. The molecule has 2 heterocycles. The van der Waals surface area contributed by atoms with Crippen molar-refractivity contribution in [1.29, 1.82) is 0 Å². The Hall–Kier alpha value is -1.71. The number of piperazine rings is 1. The zero-order valence-corrected chi connectivity index (χ0v) is 14.8. The normalized spacial score (nSPS) is 18.9. The largest absolute Gasteiger partial charge is 0.367 e. The molecule has 0 unspecified atom stereocenters. The standard InChI is InChI=1S/C15H19N5O2S2/c16-24(21,22)13-4-2-1-3-12(13)19-7-9-20(10-8-19)15-18-17-14(23-15)11-5-6-11/h1-4,11H,5-10H2,(H2,16,21,22). The zero-order chi connectivity index (χ0) is 16.7. The van der Waals surface area contributed by atoms with Crippen molar-refractivity contribution in [3.05, 3.63) is 29.3 Å². The molecule has 1 aliphatic heterocycles. The van der Waals surface area contributed by atoms with Crippen LogP contribution in [0.15, 0.2) is 29.2 Å². The molecule has 1 aliphatic carbocycles. The van der Waals surface area contributed by atoms with E-state index >= 15 is 0 Å². The fourth-order valence-electron chi connectivity index (χ4n) is 2.95. The van der Waals surface area contributed by atoms with Gasteiger partial charge in [-0.15, -0.1) is 10.2 Å². The van der Waals surface area contributed by atoms with Gasteiger partial charge in [0, 0.05) is 32.1 Å². The molecule has 1 aromatic carbocycles. The van der Waals surface area contributed by atoms with Crippen molar-refractivity contribution < 1.29 is 8.42 Å². The SMILES string of the molecule is NS(=O)(=O)c1ccccc1N1CCN(c2nnc(C3CC3)s2)CC1. The van der Waals surface area contributed by atoms with Crippen LogP contribution in [0, 0.1) is 0 Å². The summed E-state index contributed by atoms with van der Waals surface area (Å²) in [6.07, 6.45) is 2.46. The number of nitrogens with zero attached hydrogens (tertiary/aromatic N) is 4. The highest BCUT2D eigenvalue weighted by atomic mass is 32.2. The Morgan fingerprint density at radius 2 is 1.71 bits per heavy atom. The molecule has 0 amide bonds. The Balaban J connectivity index is 1.48. The third-order valence-electron chi connectivity index (χ3n) is 4.42. The first-order valence-corrected chi connectivity index (χ1v) is 10.3. The first-order valence-electron chi connectivity index (χ1n) is 7.97. The molecule has 0 atom stereocenters. The van der Waals surface area contributed by atoms with E-state index in [1.54, 1.807) is 23.5 Å². The molecule has 4 rings (SSSR count). The molecule has 2 aromatic rings. The lowest BCUT2D eigenvalue weighted by molar-refractivity contribution is 0.595. The van der Waals surface area contributed by atoms with Crippen molar-refractivity contribution in [1.82, 2.24) is 10.2 Å². The number of hydrogen-bond acceptors (Lipinski definition) is 7. The van der Waals surface area contributed by atoms with Gasteiger partial charge in [0.2, 0.25) is 15.2 Å². The Kier molecular flexibility index (Phi) is 3.93. The maximum atomic E-state index is 11.8. The molecule has 1 aromatic heterocycles. The number of benzene rings is 1. The van der Waals surface area contributed by atoms with Gasteiger partial charge in [-0.25, -0.2) is 13.6 Å². The summed E-state index contributed by atoms with van der Waals surface area (Å²) in [6.45, 7) is 3.03. The second kappa shape index (κ2) is 5.98. The molecule has 128 valence electrons. The molecule has 0 bridgehead atoms. The van der Waals surface area contributed by atoms with Crippen molar-refractivity contribution in [3.8, 4) is 0 Å². The van der Waals surface area contributed by atoms with Crippen molar-refractivity contribution in [3.63, 3.8) is 0 Å². The van der Waals surface area contributed by atoms with Crippen LogP contribution in [0.1, 0.15) is 23.8 Å². The Morgan fingerprint density at radius 3 is 2.38 bits per heavy atom. The van der Waals surface area contributed by atoms with Gasteiger partial charge < -0.3 is 9.80 Å². The third-order valence-corrected chi connectivity index (χ3v) is 6.52. The molecule has 1 saturated heterocycles. The lowest BCUT2D eigenvalue weighted by Crippen LogP contribution is -2.47. The highest BCUT2D eigenvalue weighted by molar-refractivity contribution is 7.89. The summed E-state index contributed by atoms with van der Waals surface area (Å²) in [6, 6.07) is 6.90. The molecule has 1 saturated carbocycles. The van der Waals surface area contributed by atoms with Crippen LogP contribution in [0.2, 0.25) is 0 Å². The number of aromatic nitrogens is 2. The van der Waals surface area contributed by atoms with Crippen LogP contribution in [0.5, 0.6) is 0 Å². The molecule has 0 spiro atoms. The van der Waals surface area contributed by atoms with Crippen LogP contribution < -0.4 is 14.9 Å². The molecule has 7 nitrogen and oxygen atoms in total. The van der Waals surface area contributed by atoms with E-state index in [1.165, 1.54) is 12.8 Å². The molecular weight excluding hydrogens is 346 g/mol. The monoisotopic (exact) mass is 365 g/mol. The maximum Gasteiger partial charge on any atom is 0.240 e. The smallest absolute Gasteiger partial charge is 0.240 e. The van der Waals surface area contributed by atoms with Gasteiger partial charge in [-0.05, 0) is 25.0 Å². The van der Waals surface area contributed by atoms with Gasteiger partial charge in [0.05, 0.1) is 5.69 Å².